The van der Waals surface area contributed by atoms with E-state index in [-0.39, 0.29) is 17.4 Å². The van der Waals surface area contributed by atoms with Crippen LogP contribution < -0.4 is 14.8 Å². The minimum atomic E-state index is -0.972. The molecule has 0 saturated heterocycles. The third-order valence-electron chi connectivity index (χ3n) is 6.76. The molecule has 0 aromatic heterocycles. The van der Waals surface area contributed by atoms with Gasteiger partial charge in [-0.25, -0.2) is 4.79 Å². The lowest BCUT2D eigenvalue weighted by atomic mass is 9.96. The van der Waals surface area contributed by atoms with E-state index < -0.39 is 5.97 Å². The molecule has 0 amide bonds. The fourth-order valence-corrected chi connectivity index (χ4v) is 4.46. The van der Waals surface area contributed by atoms with Gasteiger partial charge in [0.05, 0.1) is 25.3 Å². The molecule has 2 N–H and O–H groups in total. The monoisotopic (exact) mass is 525 g/mol. The summed E-state index contributed by atoms with van der Waals surface area (Å²) < 4.78 is 11.1. The largest absolute Gasteiger partial charge is 0.497 e. The first-order valence-electron chi connectivity index (χ1n) is 13.4. The average molecular weight is 526 g/mol. The van der Waals surface area contributed by atoms with Crippen LogP contribution in [0.4, 0.5) is 5.69 Å². The van der Waals surface area contributed by atoms with Crippen molar-refractivity contribution >= 4 is 28.2 Å². The van der Waals surface area contributed by atoms with Crippen LogP contribution in [0.5, 0.6) is 11.5 Å². The van der Waals surface area contributed by atoms with E-state index in [0.29, 0.717) is 25.9 Å². The highest BCUT2D eigenvalue weighted by Crippen LogP contribution is 2.27. The van der Waals surface area contributed by atoms with Gasteiger partial charge in [0.15, 0.2) is 0 Å². The molecule has 4 rings (SSSR count). The number of ether oxygens (including phenoxy) is 2. The molecule has 39 heavy (non-hydrogen) atoms. The third-order valence-corrected chi connectivity index (χ3v) is 6.76. The van der Waals surface area contributed by atoms with E-state index in [9.17, 15) is 14.7 Å². The molecule has 0 saturated carbocycles. The summed E-state index contributed by atoms with van der Waals surface area (Å²) in [6.45, 7) is 2.80. The number of fused-ring (bicyclic) bond motifs is 1. The number of unbranched alkanes of at least 4 members (excludes halogenated alkanes) is 1. The molecule has 0 heterocycles. The summed E-state index contributed by atoms with van der Waals surface area (Å²) in [5, 5.41) is 14.9. The number of carbonyl (C=O) groups excluding carboxylic acids is 1. The van der Waals surface area contributed by atoms with Gasteiger partial charge in [0.1, 0.15) is 17.3 Å². The first-order chi connectivity index (χ1) is 18.9. The summed E-state index contributed by atoms with van der Waals surface area (Å²) in [5.74, 6) is 0.798. The second-order valence-corrected chi connectivity index (χ2v) is 9.64. The second-order valence-electron chi connectivity index (χ2n) is 9.64. The van der Waals surface area contributed by atoms with Crippen LogP contribution in [0.25, 0.3) is 10.8 Å². The van der Waals surface area contributed by atoms with Crippen LogP contribution in [0.1, 0.15) is 60.1 Å². The number of anilines is 1. The van der Waals surface area contributed by atoms with Crippen molar-refractivity contribution in [1.29, 1.82) is 0 Å². The van der Waals surface area contributed by atoms with E-state index in [2.05, 4.69) is 30.4 Å². The van der Waals surface area contributed by atoms with E-state index in [1.165, 1.54) is 0 Å². The van der Waals surface area contributed by atoms with Crippen LogP contribution in [0.2, 0.25) is 0 Å². The highest BCUT2D eigenvalue weighted by molar-refractivity contribution is 5.88. The lowest BCUT2D eigenvalue weighted by Gasteiger charge is -2.21. The molecule has 4 aromatic carbocycles. The molecule has 0 fully saturated rings. The predicted molar refractivity (Wildman–Crippen MR) is 155 cm³/mol. The molecule has 0 bridgehead atoms. The third kappa shape index (κ3) is 7.84. The van der Waals surface area contributed by atoms with Crippen molar-refractivity contribution in [3.8, 4) is 11.5 Å². The van der Waals surface area contributed by atoms with Crippen molar-refractivity contribution in [2.75, 3.05) is 19.0 Å². The maximum atomic E-state index is 13.2. The molecule has 0 aliphatic carbocycles. The molecular weight excluding hydrogens is 490 g/mol. The fraction of sp³-hybridized carbons (Fsp3) is 0.273. The number of carbonyl (C=O) groups is 2. The predicted octanol–water partition coefficient (Wildman–Crippen LogP) is 7.47. The Morgan fingerprint density at radius 1 is 0.872 bits per heavy atom. The summed E-state index contributed by atoms with van der Waals surface area (Å²) in [4.78, 5) is 24.4. The summed E-state index contributed by atoms with van der Waals surface area (Å²) in [7, 11) is 1.66. The van der Waals surface area contributed by atoms with E-state index in [1.54, 1.807) is 31.4 Å². The van der Waals surface area contributed by atoms with Crippen LogP contribution in [0.3, 0.4) is 0 Å². The van der Waals surface area contributed by atoms with Gasteiger partial charge in [0, 0.05) is 18.5 Å². The minimum Gasteiger partial charge on any atom is -0.497 e. The molecule has 6 nitrogen and oxygen atoms in total. The van der Waals surface area contributed by atoms with Crippen LogP contribution in [0, 0.1) is 0 Å². The number of benzene rings is 4. The lowest BCUT2D eigenvalue weighted by Crippen LogP contribution is -2.16. The van der Waals surface area contributed by atoms with Gasteiger partial charge < -0.3 is 19.9 Å². The SMILES string of the molecule is CCCCOc1ccc(C(CC(=O)CCc2ccc3cc(OC)ccc3c2)Nc2ccc(C(=O)O)cc2)cc1. The van der Waals surface area contributed by atoms with Gasteiger partial charge in [0.25, 0.3) is 0 Å². The van der Waals surface area contributed by atoms with Crippen molar-refractivity contribution in [2.24, 2.45) is 0 Å². The van der Waals surface area contributed by atoms with Crippen molar-refractivity contribution in [3.63, 3.8) is 0 Å². The molecule has 6 heteroatoms. The number of nitrogens with one attached hydrogen (secondary N) is 1. The van der Waals surface area contributed by atoms with Gasteiger partial charge in [-0.2, -0.15) is 0 Å². The van der Waals surface area contributed by atoms with E-state index in [4.69, 9.17) is 9.47 Å². The first-order valence-corrected chi connectivity index (χ1v) is 13.4. The van der Waals surface area contributed by atoms with Crippen LogP contribution in [0.15, 0.2) is 84.9 Å². The van der Waals surface area contributed by atoms with Crippen molar-refractivity contribution in [3.05, 3.63) is 102 Å². The van der Waals surface area contributed by atoms with Gasteiger partial charge in [-0.15, -0.1) is 0 Å². The molecule has 0 radical (unpaired) electrons. The van der Waals surface area contributed by atoms with Crippen LogP contribution in [-0.4, -0.2) is 30.6 Å². The molecular formula is C33H35NO5. The summed E-state index contributed by atoms with van der Waals surface area (Å²) in [6.07, 6.45) is 3.46. The van der Waals surface area contributed by atoms with Gasteiger partial charge in [-0.05, 0) is 83.3 Å². The standard InChI is InChI=1S/C33H35NO5/c1-3-4-19-39-30-16-10-24(11-17-30)32(34-28-13-8-25(9-14-28)33(36)37)22-29(35)15-6-23-5-7-27-21-31(38-2)18-12-26(27)20-23/h5,7-14,16-18,20-21,32,34H,3-4,6,15,19,22H2,1-2H3,(H,36,37). The highest BCUT2D eigenvalue weighted by Gasteiger charge is 2.17. The van der Waals surface area contributed by atoms with Gasteiger partial charge in [0.2, 0.25) is 0 Å². The number of hydrogen-bond donors (Lipinski definition) is 2. The van der Waals surface area contributed by atoms with Crippen molar-refractivity contribution in [2.45, 2.75) is 45.1 Å². The van der Waals surface area contributed by atoms with E-state index in [0.717, 1.165) is 51.9 Å². The number of carboxylic acid groups (broad SMARTS) is 1. The van der Waals surface area contributed by atoms with E-state index >= 15 is 0 Å². The van der Waals surface area contributed by atoms with Gasteiger partial charge in [-0.3, -0.25) is 4.79 Å². The molecule has 0 spiro atoms. The Morgan fingerprint density at radius 3 is 2.26 bits per heavy atom. The number of ketones is 1. The molecule has 202 valence electrons. The van der Waals surface area contributed by atoms with Crippen molar-refractivity contribution in [1.82, 2.24) is 0 Å². The zero-order valence-corrected chi connectivity index (χ0v) is 22.5. The Kier molecular flexibility index (Phi) is 9.57. The minimum absolute atomic E-state index is 0.146. The zero-order valence-electron chi connectivity index (χ0n) is 22.5. The number of methoxy groups -OCH3 is 1. The number of rotatable bonds is 14. The summed E-state index contributed by atoms with van der Waals surface area (Å²) >= 11 is 0. The molecule has 4 aromatic rings. The molecule has 1 unspecified atom stereocenters. The Balaban J connectivity index is 1.45. The Hall–Kier alpha value is -4.32. The summed E-state index contributed by atoms with van der Waals surface area (Å²) in [6, 6.07) is 26.4. The maximum Gasteiger partial charge on any atom is 0.335 e. The fourth-order valence-electron chi connectivity index (χ4n) is 4.46. The Labute approximate surface area is 229 Å². The number of Topliss-reactive ketones (excluding diaryl/α,β-unsaturated/α-hetero) is 1. The van der Waals surface area contributed by atoms with Gasteiger partial charge >= 0.3 is 5.97 Å². The van der Waals surface area contributed by atoms with Crippen LogP contribution in [-0.2, 0) is 11.2 Å². The first kappa shape index (κ1) is 27.7. The number of carboxylic acids is 1. The Morgan fingerprint density at radius 2 is 1.56 bits per heavy atom. The van der Waals surface area contributed by atoms with Crippen LogP contribution >= 0.6 is 0 Å². The smallest absolute Gasteiger partial charge is 0.335 e. The quantitative estimate of drug-likeness (QED) is 0.166. The second kappa shape index (κ2) is 13.5. The average Bonchev–Trinajstić information content (AvgIpc) is 2.96. The number of hydrogen-bond acceptors (Lipinski definition) is 5. The van der Waals surface area contributed by atoms with Crippen molar-refractivity contribution < 1.29 is 24.2 Å². The summed E-state index contributed by atoms with van der Waals surface area (Å²) in [5.41, 5.74) is 3.05. The Bertz CT molecular complexity index is 1400. The molecule has 0 aliphatic heterocycles. The maximum absolute atomic E-state index is 13.2. The topological polar surface area (TPSA) is 84.9 Å². The van der Waals surface area contributed by atoms with Gasteiger partial charge in [-0.1, -0.05) is 49.7 Å². The zero-order chi connectivity index (χ0) is 27.6. The number of aromatic carboxylic acids is 1. The van der Waals surface area contributed by atoms with E-state index in [1.807, 2.05) is 42.5 Å². The normalized spacial score (nSPS) is 11.6. The highest BCUT2D eigenvalue weighted by atomic mass is 16.5. The molecule has 0 aliphatic rings. The molecule has 1 atom stereocenters. The number of aryl methyl sites for hydroxylation is 1. The lowest BCUT2D eigenvalue weighted by molar-refractivity contribution is -0.119.